The summed E-state index contributed by atoms with van der Waals surface area (Å²) < 4.78 is 15.3. The van der Waals surface area contributed by atoms with E-state index in [0.717, 1.165) is 5.69 Å². The normalized spacial score (nSPS) is 11.5. The van der Waals surface area contributed by atoms with Gasteiger partial charge in [0.05, 0.1) is 17.1 Å². The number of para-hydroxylation sites is 3. The van der Waals surface area contributed by atoms with Gasteiger partial charge in [-0.1, -0.05) is 30.3 Å². The summed E-state index contributed by atoms with van der Waals surface area (Å²) in [6, 6.07) is 25.4. The first-order chi connectivity index (χ1) is 18.5. The van der Waals surface area contributed by atoms with Crippen LogP contribution in [0.4, 0.5) is 17.2 Å². The average Bonchev–Trinajstić information content (AvgIpc) is 3.16. The molecule has 0 radical (unpaired) electrons. The number of hydrogen-bond acceptors (Lipinski definition) is 6. The number of benzene rings is 3. The van der Waals surface area contributed by atoms with E-state index in [4.69, 9.17) is 9.47 Å². The molecule has 0 fully saturated rings. The number of anilines is 3. The monoisotopic (exact) mass is 505 g/mol. The van der Waals surface area contributed by atoms with Gasteiger partial charge in [0, 0.05) is 25.0 Å². The van der Waals surface area contributed by atoms with Crippen molar-refractivity contribution in [1.29, 1.82) is 0 Å². The Bertz CT molecular complexity index is 1720. The van der Waals surface area contributed by atoms with Gasteiger partial charge in [-0.3, -0.25) is 14.3 Å². The van der Waals surface area contributed by atoms with E-state index in [9.17, 15) is 9.59 Å². The molecule has 9 nitrogen and oxygen atoms in total. The van der Waals surface area contributed by atoms with E-state index in [1.807, 2.05) is 54.6 Å². The van der Waals surface area contributed by atoms with Crippen molar-refractivity contribution in [3.8, 4) is 28.7 Å². The van der Waals surface area contributed by atoms with Crippen LogP contribution in [0.1, 0.15) is 16.1 Å². The van der Waals surface area contributed by atoms with Crippen molar-refractivity contribution in [2.45, 2.75) is 6.92 Å². The molecule has 6 rings (SSSR count). The number of carbonyl (C=O) groups is 1. The van der Waals surface area contributed by atoms with Gasteiger partial charge in [0.2, 0.25) is 5.75 Å². The van der Waals surface area contributed by atoms with Gasteiger partial charge >= 0.3 is 0 Å². The maximum atomic E-state index is 13.1. The number of nitrogens with zero attached hydrogens (tertiary/aromatic N) is 3. The molecule has 2 N–H and O–H groups in total. The van der Waals surface area contributed by atoms with Gasteiger partial charge in [-0.15, -0.1) is 0 Å². The summed E-state index contributed by atoms with van der Waals surface area (Å²) in [5.74, 6) is 2.28. The number of hydrogen-bond donors (Lipinski definition) is 2. The molecule has 188 valence electrons. The number of nitrogens with one attached hydrogen (secondary N) is 2. The molecule has 2 aromatic heterocycles. The molecule has 38 heavy (non-hydrogen) atoms. The quantitative estimate of drug-likeness (QED) is 0.308. The lowest BCUT2D eigenvalue weighted by Gasteiger charge is -2.22. The van der Waals surface area contributed by atoms with Crippen molar-refractivity contribution in [3.05, 3.63) is 113 Å². The van der Waals surface area contributed by atoms with Crippen molar-refractivity contribution in [1.82, 2.24) is 14.3 Å². The van der Waals surface area contributed by atoms with E-state index in [1.54, 1.807) is 55.2 Å². The molecule has 1 aliphatic heterocycles. The van der Waals surface area contributed by atoms with Gasteiger partial charge in [0.25, 0.3) is 11.5 Å². The highest BCUT2D eigenvalue weighted by molar-refractivity contribution is 6.05. The first-order valence-electron chi connectivity index (χ1n) is 12.0. The highest BCUT2D eigenvalue weighted by atomic mass is 16.5. The molecular weight excluding hydrogens is 482 g/mol. The van der Waals surface area contributed by atoms with Crippen molar-refractivity contribution >= 4 is 23.1 Å². The van der Waals surface area contributed by atoms with Crippen molar-refractivity contribution in [3.63, 3.8) is 0 Å². The van der Waals surface area contributed by atoms with Gasteiger partial charge in [0.1, 0.15) is 11.3 Å². The fourth-order valence-electron chi connectivity index (χ4n) is 4.35. The Morgan fingerprint density at radius 2 is 1.71 bits per heavy atom. The zero-order valence-electron chi connectivity index (χ0n) is 20.6. The van der Waals surface area contributed by atoms with Crippen LogP contribution < -0.4 is 25.7 Å². The Labute approximate surface area is 217 Å². The van der Waals surface area contributed by atoms with Crippen LogP contribution in [0, 0.1) is 6.92 Å². The summed E-state index contributed by atoms with van der Waals surface area (Å²) in [4.78, 5) is 30.6. The fourth-order valence-corrected chi connectivity index (χ4v) is 4.35. The molecule has 0 aliphatic carbocycles. The fraction of sp³-hybridized carbons (Fsp3) is 0.0690. The Kier molecular flexibility index (Phi) is 5.65. The first kappa shape index (κ1) is 23.1. The minimum absolute atomic E-state index is 0.0880. The van der Waals surface area contributed by atoms with E-state index < -0.39 is 5.91 Å². The van der Waals surface area contributed by atoms with Gasteiger partial charge in [-0.05, 0) is 55.5 Å². The summed E-state index contributed by atoms with van der Waals surface area (Å²) in [5, 5.41) is 6.06. The Morgan fingerprint density at radius 3 is 2.50 bits per heavy atom. The summed E-state index contributed by atoms with van der Waals surface area (Å²) in [6.45, 7) is 1.75. The molecule has 0 saturated heterocycles. The number of ether oxygens (including phenoxy) is 2. The standard InChI is InChI=1S/C29H23N5O4/c1-18-25(29(36)34(33(18)2)20-8-4-3-5-9-20)28(35)31-19-12-14-21(15-13-19)37-24-16-17-30-27-26(24)38-23-11-7-6-10-22(23)32-27/h3-17H,1-2H3,(H,30,32)(H,31,35). The summed E-state index contributed by atoms with van der Waals surface area (Å²) in [5.41, 5.74) is 2.31. The second-order valence-corrected chi connectivity index (χ2v) is 8.73. The number of rotatable bonds is 5. The molecule has 3 heterocycles. The lowest BCUT2D eigenvalue weighted by Crippen LogP contribution is -2.25. The number of fused-ring (bicyclic) bond motifs is 2. The third-order valence-corrected chi connectivity index (χ3v) is 6.34. The predicted octanol–water partition coefficient (Wildman–Crippen LogP) is 5.77. The molecule has 0 saturated carbocycles. The first-order valence-corrected chi connectivity index (χ1v) is 12.0. The maximum Gasteiger partial charge on any atom is 0.284 e. The average molecular weight is 506 g/mol. The van der Waals surface area contributed by atoms with Crippen LogP contribution in [0.3, 0.4) is 0 Å². The number of aromatic nitrogens is 3. The van der Waals surface area contributed by atoms with E-state index in [2.05, 4.69) is 15.6 Å². The third-order valence-electron chi connectivity index (χ3n) is 6.34. The summed E-state index contributed by atoms with van der Waals surface area (Å²) in [6.07, 6.45) is 1.64. The van der Waals surface area contributed by atoms with Gasteiger partial charge < -0.3 is 20.1 Å². The predicted molar refractivity (Wildman–Crippen MR) is 144 cm³/mol. The van der Waals surface area contributed by atoms with Crippen LogP contribution in [-0.4, -0.2) is 20.3 Å². The Hall–Kier alpha value is -5.31. The summed E-state index contributed by atoms with van der Waals surface area (Å²) >= 11 is 0. The van der Waals surface area contributed by atoms with Crippen molar-refractivity contribution < 1.29 is 14.3 Å². The molecule has 1 amide bonds. The highest BCUT2D eigenvalue weighted by Crippen LogP contribution is 2.46. The van der Waals surface area contributed by atoms with Crippen LogP contribution in [0.2, 0.25) is 0 Å². The van der Waals surface area contributed by atoms with E-state index >= 15 is 0 Å². The minimum Gasteiger partial charge on any atom is -0.453 e. The lowest BCUT2D eigenvalue weighted by molar-refractivity contribution is 0.102. The molecule has 0 bridgehead atoms. The zero-order chi connectivity index (χ0) is 26.2. The van der Waals surface area contributed by atoms with Gasteiger partial charge in [0.15, 0.2) is 17.3 Å². The minimum atomic E-state index is -0.479. The molecule has 0 atom stereocenters. The number of amides is 1. The van der Waals surface area contributed by atoms with Crippen LogP contribution >= 0.6 is 0 Å². The lowest BCUT2D eigenvalue weighted by atomic mass is 10.2. The zero-order valence-corrected chi connectivity index (χ0v) is 20.6. The largest absolute Gasteiger partial charge is 0.453 e. The second kappa shape index (κ2) is 9.29. The maximum absolute atomic E-state index is 13.1. The number of carbonyl (C=O) groups excluding carboxylic acids is 1. The molecular formula is C29H23N5O4. The van der Waals surface area contributed by atoms with Gasteiger partial charge in [-0.2, -0.15) is 0 Å². The van der Waals surface area contributed by atoms with Gasteiger partial charge in [-0.25, -0.2) is 9.67 Å². The van der Waals surface area contributed by atoms with Crippen LogP contribution in [0.5, 0.6) is 23.0 Å². The molecule has 3 aromatic carbocycles. The summed E-state index contributed by atoms with van der Waals surface area (Å²) in [7, 11) is 1.75. The van der Waals surface area contributed by atoms with E-state index in [-0.39, 0.29) is 11.1 Å². The SMILES string of the molecule is Cc1c(C(=O)Nc2ccc(Oc3ccnc4c3Oc3ccccc3N4)cc2)c(=O)n(-c2ccccc2)n1C. The molecule has 0 spiro atoms. The molecule has 1 aliphatic rings. The smallest absolute Gasteiger partial charge is 0.284 e. The van der Waals surface area contributed by atoms with Crippen molar-refractivity contribution in [2.24, 2.45) is 7.05 Å². The molecule has 5 aromatic rings. The van der Waals surface area contributed by atoms with E-state index in [1.165, 1.54) is 4.68 Å². The topological polar surface area (TPSA) is 99.4 Å². The molecule has 9 heteroatoms. The van der Waals surface area contributed by atoms with Crippen LogP contribution in [-0.2, 0) is 7.05 Å². The highest BCUT2D eigenvalue weighted by Gasteiger charge is 2.23. The molecule has 0 unspecified atom stereocenters. The Morgan fingerprint density at radius 1 is 0.974 bits per heavy atom. The second-order valence-electron chi connectivity index (χ2n) is 8.73. The van der Waals surface area contributed by atoms with Crippen molar-refractivity contribution in [2.75, 3.05) is 10.6 Å². The Balaban J connectivity index is 1.20. The van der Waals surface area contributed by atoms with Crippen LogP contribution in [0.15, 0.2) is 95.9 Å². The third kappa shape index (κ3) is 4.05. The van der Waals surface area contributed by atoms with E-state index in [0.29, 0.717) is 45.9 Å². The number of pyridine rings is 1. The van der Waals surface area contributed by atoms with Crippen LogP contribution in [0.25, 0.3) is 5.69 Å².